The van der Waals surface area contributed by atoms with Crippen molar-refractivity contribution in [3.63, 3.8) is 0 Å². The molecular weight excluding hydrogens is 200 g/mol. The van der Waals surface area contributed by atoms with Gasteiger partial charge in [0.15, 0.2) is 5.82 Å². The maximum atomic E-state index is 4.16. The van der Waals surface area contributed by atoms with Gasteiger partial charge in [0, 0.05) is 19.7 Å². The lowest BCUT2D eigenvalue weighted by Gasteiger charge is -2.03. The third kappa shape index (κ3) is 1.78. The lowest BCUT2D eigenvalue weighted by molar-refractivity contribution is 0.925. The minimum Gasteiger partial charge on any atom is -0.357 e. The van der Waals surface area contributed by atoms with E-state index in [1.807, 2.05) is 18.7 Å². The van der Waals surface area contributed by atoms with Gasteiger partial charge in [-0.3, -0.25) is 4.57 Å². The molecule has 0 radical (unpaired) electrons. The molecule has 0 unspecified atom stereocenters. The van der Waals surface area contributed by atoms with Crippen molar-refractivity contribution in [2.75, 3.05) is 12.4 Å². The topological polar surface area (TPSA) is 42.7 Å². The Morgan fingerprint density at radius 2 is 1.88 bits per heavy atom. The van der Waals surface area contributed by atoms with E-state index in [-0.39, 0.29) is 0 Å². The van der Waals surface area contributed by atoms with Crippen LogP contribution in [0.1, 0.15) is 12.5 Å². The zero-order valence-corrected chi connectivity index (χ0v) is 9.86. The van der Waals surface area contributed by atoms with Crippen molar-refractivity contribution >= 4 is 5.95 Å². The third-order valence-corrected chi connectivity index (χ3v) is 2.72. The van der Waals surface area contributed by atoms with Crippen LogP contribution in [0.25, 0.3) is 11.4 Å². The maximum Gasteiger partial charge on any atom is 0.224 e. The smallest absolute Gasteiger partial charge is 0.224 e. The molecule has 0 spiro atoms. The van der Waals surface area contributed by atoms with Crippen LogP contribution in [0.15, 0.2) is 24.3 Å². The number of nitrogens with zero attached hydrogens (tertiary/aromatic N) is 3. The van der Waals surface area contributed by atoms with E-state index in [1.54, 1.807) is 0 Å². The molecule has 16 heavy (non-hydrogen) atoms. The van der Waals surface area contributed by atoms with Crippen molar-refractivity contribution in [1.29, 1.82) is 0 Å². The molecule has 0 aliphatic carbocycles. The van der Waals surface area contributed by atoms with Crippen LogP contribution in [-0.4, -0.2) is 21.8 Å². The van der Waals surface area contributed by atoms with E-state index < -0.39 is 0 Å². The van der Waals surface area contributed by atoms with E-state index in [0.29, 0.717) is 0 Å². The minimum absolute atomic E-state index is 0.773. The van der Waals surface area contributed by atoms with Crippen LogP contribution >= 0.6 is 0 Å². The SMILES string of the molecule is CCc1ccc(-c2nnc(NC)n2C)cc1. The molecule has 0 bridgehead atoms. The third-order valence-electron chi connectivity index (χ3n) is 2.72. The fourth-order valence-electron chi connectivity index (χ4n) is 1.69. The Morgan fingerprint density at radius 1 is 1.19 bits per heavy atom. The van der Waals surface area contributed by atoms with E-state index >= 15 is 0 Å². The van der Waals surface area contributed by atoms with E-state index in [2.05, 4.69) is 46.7 Å². The molecule has 1 aromatic carbocycles. The van der Waals surface area contributed by atoms with Crippen molar-refractivity contribution in [2.45, 2.75) is 13.3 Å². The Hall–Kier alpha value is -1.84. The summed E-state index contributed by atoms with van der Waals surface area (Å²) < 4.78 is 1.95. The largest absolute Gasteiger partial charge is 0.357 e. The molecule has 1 aromatic heterocycles. The van der Waals surface area contributed by atoms with Gasteiger partial charge >= 0.3 is 0 Å². The fourth-order valence-corrected chi connectivity index (χ4v) is 1.69. The summed E-state index contributed by atoms with van der Waals surface area (Å²) in [7, 11) is 3.79. The van der Waals surface area contributed by atoms with Crippen LogP contribution in [0.5, 0.6) is 0 Å². The van der Waals surface area contributed by atoms with Crippen molar-refractivity contribution in [1.82, 2.24) is 14.8 Å². The highest BCUT2D eigenvalue weighted by Crippen LogP contribution is 2.19. The van der Waals surface area contributed by atoms with Crippen molar-refractivity contribution in [3.05, 3.63) is 29.8 Å². The number of benzene rings is 1. The molecule has 0 fully saturated rings. The molecule has 0 amide bonds. The van der Waals surface area contributed by atoms with Crippen molar-refractivity contribution < 1.29 is 0 Å². The molecule has 0 atom stereocenters. The first kappa shape index (κ1) is 10.7. The molecule has 2 rings (SSSR count). The average Bonchev–Trinajstić information content (AvgIpc) is 2.70. The highest BCUT2D eigenvalue weighted by molar-refractivity contribution is 5.57. The summed E-state index contributed by atoms with van der Waals surface area (Å²) in [6.07, 6.45) is 1.06. The molecule has 0 saturated carbocycles. The van der Waals surface area contributed by atoms with Gasteiger partial charge in [-0.1, -0.05) is 31.2 Å². The van der Waals surface area contributed by atoms with Crippen LogP contribution in [0.2, 0.25) is 0 Å². The summed E-state index contributed by atoms with van der Waals surface area (Å²) in [6.45, 7) is 2.15. The molecule has 2 aromatic rings. The first-order valence-corrected chi connectivity index (χ1v) is 5.42. The van der Waals surface area contributed by atoms with Gasteiger partial charge in [-0.2, -0.15) is 0 Å². The van der Waals surface area contributed by atoms with Gasteiger partial charge in [-0.05, 0) is 12.0 Å². The first-order chi connectivity index (χ1) is 7.76. The van der Waals surface area contributed by atoms with Gasteiger partial charge < -0.3 is 5.32 Å². The lowest BCUT2D eigenvalue weighted by atomic mass is 10.1. The summed E-state index contributed by atoms with van der Waals surface area (Å²) in [4.78, 5) is 0. The Labute approximate surface area is 95.3 Å². The van der Waals surface area contributed by atoms with E-state index in [1.165, 1.54) is 5.56 Å². The summed E-state index contributed by atoms with van der Waals surface area (Å²) in [5.74, 6) is 1.65. The second-order valence-electron chi connectivity index (χ2n) is 3.71. The quantitative estimate of drug-likeness (QED) is 0.854. The molecule has 4 heteroatoms. The molecule has 1 heterocycles. The predicted molar refractivity (Wildman–Crippen MR) is 65.4 cm³/mol. The van der Waals surface area contributed by atoms with Crippen LogP contribution in [0.4, 0.5) is 5.95 Å². The molecule has 84 valence electrons. The standard InChI is InChI=1S/C12H16N4/c1-4-9-5-7-10(8-6-9)11-14-15-12(13-2)16(11)3/h5-8H,4H2,1-3H3,(H,13,15). The van der Waals surface area contributed by atoms with Crippen molar-refractivity contribution in [2.24, 2.45) is 7.05 Å². The molecular formula is C12H16N4. The van der Waals surface area contributed by atoms with Gasteiger partial charge in [-0.25, -0.2) is 0 Å². The Morgan fingerprint density at radius 3 is 2.38 bits per heavy atom. The Kier molecular flexibility index (Phi) is 2.90. The highest BCUT2D eigenvalue weighted by Gasteiger charge is 2.08. The normalized spacial score (nSPS) is 10.4. The number of aryl methyl sites for hydroxylation is 1. The Bertz CT molecular complexity index is 470. The summed E-state index contributed by atoms with van der Waals surface area (Å²) in [6, 6.07) is 8.43. The summed E-state index contributed by atoms with van der Waals surface area (Å²) >= 11 is 0. The lowest BCUT2D eigenvalue weighted by Crippen LogP contribution is -1.99. The van der Waals surface area contributed by atoms with Gasteiger partial charge in [0.25, 0.3) is 0 Å². The average molecular weight is 216 g/mol. The van der Waals surface area contributed by atoms with E-state index in [0.717, 1.165) is 23.8 Å². The zero-order chi connectivity index (χ0) is 11.5. The van der Waals surface area contributed by atoms with Crippen LogP contribution in [0.3, 0.4) is 0 Å². The molecule has 0 aliphatic rings. The number of anilines is 1. The monoisotopic (exact) mass is 216 g/mol. The van der Waals surface area contributed by atoms with E-state index in [4.69, 9.17) is 0 Å². The fraction of sp³-hybridized carbons (Fsp3) is 0.333. The second-order valence-corrected chi connectivity index (χ2v) is 3.71. The second kappa shape index (κ2) is 4.35. The van der Waals surface area contributed by atoms with Gasteiger partial charge in [0.1, 0.15) is 0 Å². The first-order valence-electron chi connectivity index (χ1n) is 5.42. The number of hydrogen-bond donors (Lipinski definition) is 1. The number of nitrogens with one attached hydrogen (secondary N) is 1. The highest BCUT2D eigenvalue weighted by atomic mass is 15.3. The minimum atomic E-state index is 0.773. The van der Waals surface area contributed by atoms with Gasteiger partial charge in [-0.15, -0.1) is 10.2 Å². The number of hydrogen-bond acceptors (Lipinski definition) is 3. The number of aromatic nitrogens is 3. The van der Waals surface area contributed by atoms with Crippen LogP contribution in [0, 0.1) is 0 Å². The van der Waals surface area contributed by atoms with Crippen LogP contribution < -0.4 is 5.32 Å². The summed E-state index contributed by atoms with van der Waals surface area (Å²) in [5, 5.41) is 11.2. The predicted octanol–water partition coefficient (Wildman–Crippen LogP) is 2.09. The molecule has 4 nitrogen and oxygen atoms in total. The van der Waals surface area contributed by atoms with Gasteiger partial charge in [0.05, 0.1) is 0 Å². The molecule has 0 aliphatic heterocycles. The molecule has 0 saturated heterocycles. The zero-order valence-electron chi connectivity index (χ0n) is 9.86. The molecule has 1 N–H and O–H groups in total. The number of rotatable bonds is 3. The van der Waals surface area contributed by atoms with Crippen molar-refractivity contribution in [3.8, 4) is 11.4 Å². The maximum absolute atomic E-state index is 4.16. The van der Waals surface area contributed by atoms with Crippen LogP contribution in [-0.2, 0) is 13.5 Å². The Balaban J connectivity index is 2.38. The van der Waals surface area contributed by atoms with Gasteiger partial charge in [0.2, 0.25) is 5.95 Å². The summed E-state index contributed by atoms with van der Waals surface area (Å²) in [5.41, 5.74) is 2.42. The van der Waals surface area contributed by atoms with E-state index in [9.17, 15) is 0 Å².